The van der Waals surface area contributed by atoms with Crippen LogP contribution in [0.5, 0.6) is 0 Å². The Bertz CT molecular complexity index is 537. The fraction of sp³-hybridized carbons (Fsp3) is 0.500. The number of aromatic carboxylic acids is 1. The van der Waals surface area contributed by atoms with Crippen molar-refractivity contribution in [2.75, 3.05) is 6.54 Å². The van der Waals surface area contributed by atoms with Gasteiger partial charge < -0.3 is 5.11 Å². The smallest absolute Gasteiger partial charge is 0.404 e. The van der Waals surface area contributed by atoms with Gasteiger partial charge in [0, 0.05) is 11.6 Å². The van der Waals surface area contributed by atoms with Crippen molar-refractivity contribution in [3.8, 4) is 0 Å². The van der Waals surface area contributed by atoms with Crippen LogP contribution in [0, 0.1) is 0 Å². The van der Waals surface area contributed by atoms with E-state index < -0.39 is 18.2 Å². The molecular formula is C14H16Cl2F3NO2. The highest BCUT2D eigenvalue weighted by Gasteiger charge is 2.44. The number of carbonyl (C=O) groups is 1. The quantitative estimate of drug-likeness (QED) is 0.872. The van der Waals surface area contributed by atoms with Gasteiger partial charge in [0.25, 0.3) is 0 Å². The van der Waals surface area contributed by atoms with Crippen molar-refractivity contribution < 1.29 is 23.1 Å². The maximum atomic E-state index is 13.0. The van der Waals surface area contributed by atoms with E-state index in [1.54, 1.807) is 0 Å². The number of nitrogens with zero attached hydrogens (tertiary/aromatic N) is 1. The van der Waals surface area contributed by atoms with Crippen molar-refractivity contribution in [1.29, 1.82) is 0 Å². The monoisotopic (exact) mass is 357 g/mol. The molecule has 0 aliphatic carbocycles. The van der Waals surface area contributed by atoms with Crippen LogP contribution in [0.3, 0.4) is 0 Å². The zero-order valence-corrected chi connectivity index (χ0v) is 13.1. The SMILES string of the molecule is Cl.O=C(O)c1ccc(CN2CCCCC2C(F)(F)F)c(Cl)c1. The molecule has 1 aliphatic heterocycles. The Morgan fingerprint density at radius 2 is 2.05 bits per heavy atom. The summed E-state index contributed by atoms with van der Waals surface area (Å²) in [7, 11) is 0. The number of alkyl halides is 3. The first-order valence-electron chi connectivity index (χ1n) is 6.61. The van der Waals surface area contributed by atoms with Crippen LogP contribution < -0.4 is 0 Å². The average Bonchev–Trinajstić information content (AvgIpc) is 2.40. The maximum absolute atomic E-state index is 13.0. The lowest BCUT2D eigenvalue weighted by Crippen LogP contribution is -2.48. The number of rotatable bonds is 3. The van der Waals surface area contributed by atoms with Gasteiger partial charge in [0.05, 0.1) is 5.56 Å². The van der Waals surface area contributed by atoms with Gasteiger partial charge in [-0.05, 0) is 37.1 Å². The molecule has 22 heavy (non-hydrogen) atoms. The van der Waals surface area contributed by atoms with Gasteiger partial charge in [-0.1, -0.05) is 24.1 Å². The fourth-order valence-electron chi connectivity index (χ4n) is 2.58. The zero-order chi connectivity index (χ0) is 15.6. The topological polar surface area (TPSA) is 40.5 Å². The molecule has 1 atom stereocenters. The second-order valence-electron chi connectivity index (χ2n) is 5.14. The third-order valence-electron chi connectivity index (χ3n) is 3.66. The average molecular weight is 358 g/mol. The van der Waals surface area contributed by atoms with Crippen LogP contribution >= 0.6 is 24.0 Å². The van der Waals surface area contributed by atoms with Crippen molar-refractivity contribution in [2.45, 2.75) is 38.0 Å². The minimum atomic E-state index is -4.26. The van der Waals surface area contributed by atoms with Crippen LogP contribution in [0.15, 0.2) is 18.2 Å². The maximum Gasteiger partial charge on any atom is 0.404 e. The highest BCUT2D eigenvalue weighted by Crippen LogP contribution is 2.33. The third kappa shape index (κ3) is 4.51. The van der Waals surface area contributed by atoms with Gasteiger partial charge in [0.1, 0.15) is 6.04 Å². The molecule has 1 fully saturated rings. The number of piperidine rings is 1. The van der Waals surface area contributed by atoms with Crippen LogP contribution in [-0.2, 0) is 6.54 Å². The molecule has 1 heterocycles. The van der Waals surface area contributed by atoms with E-state index in [1.165, 1.54) is 23.1 Å². The van der Waals surface area contributed by atoms with E-state index in [4.69, 9.17) is 16.7 Å². The van der Waals surface area contributed by atoms with Crippen molar-refractivity contribution >= 4 is 30.0 Å². The standard InChI is InChI=1S/C14H15ClF3NO2.ClH/c15-11-7-9(13(20)21)4-5-10(11)8-19-6-2-1-3-12(19)14(16,17)18;/h4-5,7,12H,1-3,6,8H2,(H,20,21);1H. The molecule has 0 amide bonds. The van der Waals surface area contributed by atoms with Crippen LogP contribution in [0.2, 0.25) is 5.02 Å². The number of benzene rings is 1. The van der Waals surface area contributed by atoms with Crippen molar-refractivity contribution in [3.05, 3.63) is 34.3 Å². The minimum absolute atomic E-state index is 0. The molecule has 1 aromatic carbocycles. The fourth-order valence-corrected chi connectivity index (χ4v) is 2.82. The predicted octanol–water partition coefficient (Wildman–Crippen LogP) is 4.38. The molecule has 2 rings (SSSR count). The summed E-state index contributed by atoms with van der Waals surface area (Å²) < 4.78 is 39.0. The van der Waals surface area contributed by atoms with E-state index in [9.17, 15) is 18.0 Å². The summed E-state index contributed by atoms with van der Waals surface area (Å²) in [5.74, 6) is -1.12. The van der Waals surface area contributed by atoms with Gasteiger partial charge in [-0.25, -0.2) is 4.79 Å². The van der Waals surface area contributed by atoms with E-state index in [2.05, 4.69) is 0 Å². The van der Waals surface area contributed by atoms with Crippen molar-refractivity contribution in [3.63, 3.8) is 0 Å². The Labute approximate surface area is 137 Å². The van der Waals surface area contributed by atoms with Gasteiger partial charge in [-0.2, -0.15) is 13.2 Å². The molecule has 0 aromatic heterocycles. The van der Waals surface area contributed by atoms with Crippen LogP contribution in [0.4, 0.5) is 13.2 Å². The second kappa shape index (κ2) is 7.53. The molecule has 0 saturated carbocycles. The van der Waals surface area contributed by atoms with E-state index in [0.29, 0.717) is 18.5 Å². The lowest BCUT2D eigenvalue weighted by Gasteiger charge is -2.36. The Morgan fingerprint density at radius 3 is 2.59 bits per heavy atom. The van der Waals surface area contributed by atoms with Crippen molar-refractivity contribution in [1.82, 2.24) is 4.90 Å². The molecule has 1 aliphatic rings. The van der Waals surface area contributed by atoms with Crippen LogP contribution in [0.25, 0.3) is 0 Å². The second-order valence-corrected chi connectivity index (χ2v) is 5.54. The van der Waals surface area contributed by atoms with E-state index in [-0.39, 0.29) is 36.0 Å². The normalized spacial score (nSPS) is 19.5. The number of likely N-dealkylation sites (tertiary alicyclic amines) is 1. The van der Waals surface area contributed by atoms with Gasteiger partial charge in [-0.15, -0.1) is 12.4 Å². The molecular weight excluding hydrogens is 342 g/mol. The van der Waals surface area contributed by atoms with Gasteiger partial charge in [0.15, 0.2) is 0 Å². The summed E-state index contributed by atoms with van der Waals surface area (Å²) in [5.41, 5.74) is 0.535. The molecule has 1 aromatic rings. The molecule has 3 nitrogen and oxygen atoms in total. The first-order chi connectivity index (χ1) is 9.79. The van der Waals surface area contributed by atoms with Crippen LogP contribution in [-0.4, -0.2) is 34.7 Å². The molecule has 124 valence electrons. The molecule has 1 saturated heterocycles. The Hall–Kier alpha value is -0.980. The van der Waals surface area contributed by atoms with Gasteiger partial charge in [-0.3, -0.25) is 4.90 Å². The largest absolute Gasteiger partial charge is 0.478 e. The lowest BCUT2D eigenvalue weighted by molar-refractivity contribution is -0.192. The predicted molar refractivity (Wildman–Crippen MR) is 79.8 cm³/mol. The molecule has 0 bridgehead atoms. The number of hydrogen-bond donors (Lipinski definition) is 1. The summed E-state index contributed by atoms with van der Waals surface area (Å²) in [6, 6.07) is 2.65. The summed E-state index contributed by atoms with van der Waals surface area (Å²) in [4.78, 5) is 12.2. The van der Waals surface area contributed by atoms with Crippen LogP contribution in [0.1, 0.15) is 35.2 Å². The number of carboxylic acids is 1. The first kappa shape index (κ1) is 19.1. The minimum Gasteiger partial charge on any atom is -0.478 e. The number of hydrogen-bond acceptors (Lipinski definition) is 2. The van der Waals surface area contributed by atoms with Crippen molar-refractivity contribution in [2.24, 2.45) is 0 Å². The molecule has 1 N–H and O–H groups in total. The van der Waals surface area contributed by atoms with E-state index in [0.717, 1.165) is 6.42 Å². The van der Waals surface area contributed by atoms with E-state index >= 15 is 0 Å². The Balaban J connectivity index is 0.00000242. The molecule has 0 spiro atoms. The zero-order valence-electron chi connectivity index (χ0n) is 11.6. The highest BCUT2D eigenvalue weighted by molar-refractivity contribution is 6.31. The summed E-state index contributed by atoms with van der Waals surface area (Å²) in [6.07, 6.45) is -2.88. The third-order valence-corrected chi connectivity index (χ3v) is 4.02. The highest BCUT2D eigenvalue weighted by atomic mass is 35.5. The van der Waals surface area contributed by atoms with E-state index in [1.807, 2.05) is 0 Å². The lowest BCUT2D eigenvalue weighted by atomic mass is 10.0. The summed E-state index contributed by atoms with van der Waals surface area (Å²) in [5, 5.41) is 9.03. The van der Waals surface area contributed by atoms with Gasteiger partial charge in [0.2, 0.25) is 0 Å². The summed E-state index contributed by atoms with van der Waals surface area (Å²) in [6.45, 7) is 0.435. The first-order valence-corrected chi connectivity index (χ1v) is 6.99. The van der Waals surface area contributed by atoms with Gasteiger partial charge >= 0.3 is 12.1 Å². The Morgan fingerprint density at radius 1 is 1.36 bits per heavy atom. The summed E-state index contributed by atoms with van der Waals surface area (Å²) >= 11 is 5.98. The number of halogens is 5. The number of carboxylic acid groups (broad SMARTS) is 1. The Kier molecular flexibility index (Phi) is 6.52. The molecule has 0 radical (unpaired) electrons. The molecule has 8 heteroatoms. The molecule has 1 unspecified atom stereocenters.